The molecule has 3 rings (SSSR count). The maximum atomic E-state index is 12.1. The van der Waals surface area contributed by atoms with Gasteiger partial charge in [0.25, 0.3) is 0 Å². The number of fused-ring (bicyclic) bond motifs is 1. The number of ether oxygens (including phenoxy) is 1. The molecular weight excluding hydrogens is 340 g/mol. The van der Waals surface area contributed by atoms with Crippen molar-refractivity contribution in [3.8, 4) is 0 Å². The molecule has 132 valence electrons. The number of hydrogen-bond donors (Lipinski definition) is 2. The molecular formula is C17H20N4O3S. The fraction of sp³-hybridized carbons (Fsp3) is 0.353. The number of aromatic nitrogens is 1. The molecule has 2 N–H and O–H groups in total. The van der Waals surface area contributed by atoms with Gasteiger partial charge in [-0.25, -0.2) is 9.78 Å². The molecule has 1 aliphatic heterocycles. The average molecular weight is 360 g/mol. The lowest BCUT2D eigenvalue weighted by Gasteiger charge is -2.25. The number of carbonyl (C=O) groups is 2. The van der Waals surface area contributed by atoms with E-state index in [1.54, 1.807) is 0 Å². The van der Waals surface area contributed by atoms with Crippen LogP contribution in [0.2, 0.25) is 0 Å². The maximum absolute atomic E-state index is 12.1. The first-order chi connectivity index (χ1) is 12.1. The topological polar surface area (TPSA) is 83.6 Å². The molecule has 1 aromatic carbocycles. The van der Waals surface area contributed by atoms with E-state index in [2.05, 4.69) is 25.3 Å². The Morgan fingerprint density at radius 2 is 2.12 bits per heavy atom. The van der Waals surface area contributed by atoms with Crippen molar-refractivity contribution < 1.29 is 14.3 Å². The molecule has 2 amide bonds. The molecule has 1 aliphatic rings. The predicted octanol–water partition coefficient (Wildman–Crippen LogP) is 2.00. The van der Waals surface area contributed by atoms with Crippen molar-refractivity contribution in [2.24, 2.45) is 0 Å². The monoisotopic (exact) mass is 360 g/mol. The summed E-state index contributed by atoms with van der Waals surface area (Å²) in [6, 6.07) is 9.84. The number of anilines is 1. The third kappa shape index (κ3) is 4.77. The summed E-state index contributed by atoms with van der Waals surface area (Å²) in [5.74, 6) is 0.00438. The standard InChI is InChI=1S/C17H20N4O3S/c1-24-17(23)20-16-19-13-7-8-21(10-14(13)25-16)11-15(22)18-9-12-5-3-2-4-6-12/h2-6H,7-11H2,1H3,(H,18,22)(H,19,20,23). The third-order valence-corrected chi connectivity index (χ3v) is 4.90. The molecule has 2 heterocycles. The van der Waals surface area contributed by atoms with Gasteiger partial charge in [-0.05, 0) is 5.56 Å². The lowest BCUT2D eigenvalue weighted by atomic mass is 10.2. The Hall–Kier alpha value is -2.45. The first-order valence-corrected chi connectivity index (χ1v) is 8.82. The van der Waals surface area contributed by atoms with Gasteiger partial charge in [0.2, 0.25) is 5.91 Å². The minimum atomic E-state index is -0.525. The molecule has 0 saturated carbocycles. The Balaban J connectivity index is 1.50. The van der Waals surface area contributed by atoms with Gasteiger partial charge in [-0.1, -0.05) is 41.7 Å². The van der Waals surface area contributed by atoms with E-state index >= 15 is 0 Å². The van der Waals surface area contributed by atoms with E-state index in [9.17, 15) is 9.59 Å². The molecule has 7 nitrogen and oxygen atoms in total. The zero-order valence-corrected chi connectivity index (χ0v) is 14.8. The van der Waals surface area contributed by atoms with Crippen molar-refractivity contribution >= 4 is 28.5 Å². The highest BCUT2D eigenvalue weighted by molar-refractivity contribution is 7.15. The predicted molar refractivity (Wildman–Crippen MR) is 95.4 cm³/mol. The SMILES string of the molecule is COC(=O)Nc1nc2c(s1)CN(CC(=O)NCc1ccccc1)CC2. The van der Waals surface area contributed by atoms with E-state index in [1.807, 2.05) is 30.3 Å². The van der Waals surface area contributed by atoms with Crippen LogP contribution >= 0.6 is 11.3 Å². The number of benzene rings is 1. The van der Waals surface area contributed by atoms with Gasteiger partial charge in [0.1, 0.15) is 0 Å². The Morgan fingerprint density at radius 1 is 1.32 bits per heavy atom. The first-order valence-electron chi connectivity index (χ1n) is 8.00. The van der Waals surface area contributed by atoms with Gasteiger partial charge in [-0.2, -0.15) is 0 Å². The van der Waals surface area contributed by atoms with E-state index in [0.29, 0.717) is 24.8 Å². The summed E-state index contributed by atoms with van der Waals surface area (Å²) in [4.78, 5) is 31.0. The van der Waals surface area contributed by atoms with Crippen LogP contribution in [0.4, 0.5) is 9.93 Å². The van der Waals surface area contributed by atoms with E-state index < -0.39 is 6.09 Å². The second-order valence-electron chi connectivity index (χ2n) is 5.73. The van der Waals surface area contributed by atoms with Crippen molar-refractivity contribution in [1.82, 2.24) is 15.2 Å². The van der Waals surface area contributed by atoms with Gasteiger partial charge in [0.15, 0.2) is 5.13 Å². The summed E-state index contributed by atoms with van der Waals surface area (Å²) in [5, 5.41) is 6.07. The molecule has 0 fully saturated rings. The second-order valence-corrected chi connectivity index (χ2v) is 6.81. The van der Waals surface area contributed by atoms with Crippen LogP contribution < -0.4 is 10.6 Å². The number of methoxy groups -OCH3 is 1. The van der Waals surface area contributed by atoms with E-state index in [1.165, 1.54) is 18.4 Å². The minimum Gasteiger partial charge on any atom is -0.453 e. The van der Waals surface area contributed by atoms with Gasteiger partial charge in [-0.3, -0.25) is 15.0 Å². The van der Waals surface area contributed by atoms with Gasteiger partial charge >= 0.3 is 6.09 Å². The van der Waals surface area contributed by atoms with Crippen molar-refractivity contribution in [3.63, 3.8) is 0 Å². The van der Waals surface area contributed by atoms with Crippen LogP contribution in [0, 0.1) is 0 Å². The normalized spacial score (nSPS) is 13.8. The number of nitrogens with zero attached hydrogens (tertiary/aromatic N) is 2. The quantitative estimate of drug-likeness (QED) is 0.852. The zero-order chi connectivity index (χ0) is 17.6. The second kappa shape index (κ2) is 8.09. The summed E-state index contributed by atoms with van der Waals surface area (Å²) < 4.78 is 4.58. The molecule has 1 aromatic heterocycles. The van der Waals surface area contributed by atoms with Crippen LogP contribution in [0.25, 0.3) is 0 Å². The summed E-state index contributed by atoms with van der Waals surface area (Å²) in [7, 11) is 1.32. The first kappa shape index (κ1) is 17.4. The maximum Gasteiger partial charge on any atom is 0.413 e. The minimum absolute atomic E-state index is 0.00438. The molecule has 2 aromatic rings. The summed E-state index contributed by atoms with van der Waals surface area (Å²) in [6.45, 7) is 2.32. The van der Waals surface area contributed by atoms with Gasteiger partial charge in [0, 0.05) is 30.9 Å². The molecule has 0 unspecified atom stereocenters. The average Bonchev–Trinajstić information content (AvgIpc) is 3.02. The fourth-order valence-electron chi connectivity index (χ4n) is 2.63. The Bertz CT molecular complexity index is 748. The highest BCUT2D eigenvalue weighted by Crippen LogP contribution is 2.28. The lowest BCUT2D eigenvalue weighted by Crippen LogP contribution is -2.39. The molecule has 0 spiro atoms. The van der Waals surface area contributed by atoms with Crippen LogP contribution in [0.1, 0.15) is 16.1 Å². The summed E-state index contributed by atoms with van der Waals surface area (Å²) in [6.07, 6.45) is 0.240. The Labute approximate surface area is 150 Å². The molecule has 0 saturated heterocycles. The number of rotatable bonds is 5. The largest absolute Gasteiger partial charge is 0.453 e. The molecule has 0 radical (unpaired) electrons. The highest BCUT2D eigenvalue weighted by Gasteiger charge is 2.22. The van der Waals surface area contributed by atoms with E-state index in [0.717, 1.165) is 29.1 Å². The van der Waals surface area contributed by atoms with Gasteiger partial charge in [-0.15, -0.1) is 0 Å². The zero-order valence-electron chi connectivity index (χ0n) is 13.9. The highest BCUT2D eigenvalue weighted by atomic mass is 32.1. The fourth-order valence-corrected chi connectivity index (χ4v) is 3.67. The van der Waals surface area contributed by atoms with Crippen LogP contribution in [0.15, 0.2) is 30.3 Å². The van der Waals surface area contributed by atoms with Crippen molar-refractivity contribution in [2.45, 2.75) is 19.5 Å². The number of amides is 2. The van der Waals surface area contributed by atoms with E-state index in [4.69, 9.17) is 0 Å². The number of carbonyl (C=O) groups excluding carboxylic acids is 2. The van der Waals surface area contributed by atoms with Crippen LogP contribution in [-0.4, -0.2) is 42.1 Å². The molecule has 0 bridgehead atoms. The third-order valence-electron chi connectivity index (χ3n) is 3.90. The van der Waals surface area contributed by atoms with Crippen LogP contribution in [0.5, 0.6) is 0 Å². The molecule has 0 atom stereocenters. The van der Waals surface area contributed by atoms with Gasteiger partial charge < -0.3 is 10.1 Å². The van der Waals surface area contributed by atoms with E-state index in [-0.39, 0.29) is 5.91 Å². The van der Waals surface area contributed by atoms with Crippen molar-refractivity contribution in [3.05, 3.63) is 46.5 Å². The number of hydrogen-bond acceptors (Lipinski definition) is 6. The Morgan fingerprint density at radius 3 is 2.88 bits per heavy atom. The van der Waals surface area contributed by atoms with Crippen molar-refractivity contribution in [1.29, 1.82) is 0 Å². The lowest BCUT2D eigenvalue weighted by molar-refractivity contribution is -0.122. The van der Waals surface area contributed by atoms with Crippen LogP contribution in [-0.2, 0) is 29.0 Å². The van der Waals surface area contributed by atoms with Crippen molar-refractivity contribution in [2.75, 3.05) is 25.5 Å². The molecule has 0 aliphatic carbocycles. The molecule has 25 heavy (non-hydrogen) atoms. The van der Waals surface area contributed by atoms with Crippen LogP contribution in [0.3, 0.4) is 0 Å². The molecule has 8 heteroatoms. The number of thiazole rings is 1. The smallest absolute Gasteiger partial charge is 0.413 e. The summed E-state index contributed by atoms with van der Waals surface area (Å²) in [5.41, 5.74) is 2.06. The van der Waals surface area contributed by atoms with Gasteiger partial charge in [0.05, 0.1) is 19.3 Å². The number of nitrogens with one attached hydrogen (secondary N) is 2. The summed E-state index contributed by atoms with van der Waals surface area (Å²) >= 11 is 1.42. The Kier molecular flexibility index (Phi) is 5.62.